The Morgan fingerprint density at radius 3 is 2.70 bits per heavy atom. The zero-order valence-electron chi connectivity index (χ0n) is 13.2. The fourth-order valence-electron chi connectivity index (χ4n) is 6.84. The van der Waals surface area contributed by atoms with Crippen molar-refractivity contribution in [2.75, 3.05) is 0 Å². The van der Waals surface area contributed by atoms with Crippen molar-refractivity contribution in [2.24, 2.45) is 34.5 Å². The van der Waals surface area contributed by atoms with Crippen LogP contribution in [0.25, 0.3) is 0 Å². The molecule has 0 radical (unpaired) electrons. The molecule has 0 aromatic heterocycles. The van der Waals surface area contributed by atoms with Gasteiger partial charge in [0.1, 0.15) is 0 Å². The van der Waals surface area contributed by atoms with Crippen LogP contribution in [0, 0.1) is 34.5 Å². The zero-order valence-corrected chi connectivity index (χ0v) is 13.2. The Balaban J connectivity index is 1.65. The molecule has 0 aromatic rings. The fraction of sp³-hybridized carbons (Fsp3) is 0.895. The maximum absolute atomic E-state index is 10.3. The highest BCUT2D eigenvalue weighted by Gasteiger charge is 2.58. The molecule has 4 rings (SSSR count). The molecule has 112 valence electrons. The van der Waals surface area contributed by atoms with Gasteiger partial charge < -0.3 is 5.11 Å². The van der Waals surface area contributed by atoms with Crippen LogP contribution in [0.5, 0.6) is 0 Å². The van der Waals surface area contributed by atoms with E-state index < -0.39 is 0 Å². The van der Waals surface area contributed by atoms with E-state index in [1.807, 2.05) is 0 Å². The summed E-state index contributed by atoms with van der Waals surface area (Å²) in [6, 6.07) is 0. The van der Waals surface area contributed by atoms with Gasteiger partial charge >= 0.3 is 0 Å². The van der Waals surface area contributed by atoms with Gasteiger partial charge in [-0.05, 0) is 80.1 Å². The monoisotopic (exact) mass is 274 g/mol. The number of aliphatic hydroxyl groups excluding tert-OH is 1. The van der Waals surface area contributed by atoms with E-state index in [0.29, 0.717) is 5.41 Å². The molecule has 20 heavy (non-hydrogen) atoms. The molecule has 0 heterocycles. The lowest BCUT2D eigenvalue weighted by Gasteiger charge is -2.60. The highest BCUT2D eigenvalue weighted by Crippen LogP contribution is 2.65. The molecule has 0 aliphatic heterocycles. The predicted molar refractivity (Wildman–Crippen MR) is 82.4 cm³/mol. The maximum Gasteiger partial charge on any atom is 0.0944 e. The van der Waals surface area contributed by atoms with E-state index >= 15 is 0 Å². The molecule has 0 saturated heterocycles. The van der Waals surface area contributed by atoms with E-state index in [0.717, 1.165) is 35.9 Å². The smallest absolute Gasteiger partial charge is 0.0944 e. The maximum atomic E-state index is 10.3. The summed E-state index contributed by atoms with van der Waals surface area (Å²) in [5.74, 6) is 4.29. The lowest BCUT2D eigenvalue weighted by molar-refractivity contribution is -0.104. The molecule has 4 aliphatic carbocycles. The van der Waals surface area contributed by atoms with Gasteiger partial charge in [0, 0.05) is 5.41 Å². The van der Waals surface area contributed by atoms with Crippen LogP contribution in [-0.4, -0.2) is 5.11 Å². The van der Waals surface area contributed by atoms with E-state index in [1.165, 1.54) is 51.4 Å². The highest BCUT2D eigenvalue weighted by molar-refractivity contribution is 5.20. The van der Waals surface area contributed by atoms with Gasteiger partial charge in [0.15, 0.2) is 0 Å². The van der Waals surface area contributed by atoms with Crippen molar-refractivity contribution < 1.29 is 5.11 Å². The third-order valence-electron chi connectivity index (χ3n) is 8.12. The van der Waals surface area contributed by atoms with Gasteiger partial charge in [0.25, 0.3) is 0 Å². The van der Waals surface area contributed by atoms with Crippen LogP contribution in [-0.2, 0) is 0 Å². The van der Waals surface area contributed by atoms with Gasteiger partial charge in [0.05, 0.1) is 5.76 Å². The van der Waals surface area contributed by atoms with Crippen molar-refractivity contribution in [2.45, 2.75) is 71.6 Å². The summed E-state index contributed by atoms with van der Waals surface area (Å²) < 4.78 is 0. The third kappa shape index (κ3) is 1.56. The second kappa shape index (κ2) is 4.27. The van der Waals surface area contributed by atoms with Gasteiger partial charge in [-0.2, -0.15) is 0 Å². The molecule has 3 saturated carbocycles. The van der Waals surface area contributed by atoms with Gasteiger partial charge in [-0.15, -0.1) is 0 Å². The number of hydrogen-bond acceptors (Lipinski definition) is 1. The van der Waals surface area contributed by atoms with Crippen molar-refractivity contribution in [3.63, 3.8) is 0 Å². The minimum atomic E-state index is 0.124. The second-order valence-electron chi connectivity index (χ2n) is 8.68. The minimum absolute atomic E-state index is 0.124. The van der Waals surface area contributed by atoms with E-state index in [4.69, 9.17) is 0 Å². The lowest BCUT2D eigenvalue weighted by Crippen LogP contribution is -2.52. The quantitative estimate of drug-likeness (QED) is 0.621. The SMILES string of the molecule is C[C@]12CCC3[C@@H](CC[C@H]4CCCC[C@]34C)[C@@H]1CC=C2O. The molecule has 1 N–H and O–H groups in total. The summed E-state index contributed by atoms with van der Waals surface area (Å²) in [7, 11) is 0. The summed E-state index contributed by atoms with van der Waals surface area (Å²) in [5, 5.41) is 10.3. The molecule has 0 aromatic carbocycles. The summed E-state index contributed by atoms with van der Waals surface area (Å²) in [6.07, 6.45) is 14.7. The van der Waals surface area contributed by atoms with Gasteiger partial charge in [-0.3, -0.25) is 0 Å². The van der Waals surface area contributed by atoms with E-state index in [2.05, 4.69) is 19.9 Å². The van der Waals surface area contributed by atoms with Crippen LogP contribution in [0.1, 0.15) is 71.6 Å². The Morgan fingerprint density at radius 1 is 1.00 bits per heavy atom. The standard InChI is InChI=1S/C19H30O/c1-18-11-4-3-5-13(18)6-7-14-15-8-9-17(20)19(15,2)12-10-16(14)18/h9,13-16,20H,3-8,10-12H2,1-2H3/t13-,14+,15+,16?,18+,19+/m1/s1. The molecular formula is C19H30O. The Labute approximate surface area is 123 Å². The third-order valence-corrected chi connectivity index (χ3v) is 8.12. The molecular weight excluding hydrogens is 244 g/mol. The molecule has 3 fully saturated rings. The van der Waals surface area contributed by atoms with Crippen molar-refractivity contribution in [1.82, 2.24) is 0 Å². The van der Waals surface area contributed by atoms with Crippen molar-refractivity contribution in [3.05, 3.63) is 11.8 Å². The van der Waals surface area contributed by atoms with E-state index in [1.54, 1.807) is 0 Å². The molecule has 0 amide bonds. The number of rotatable bonds is 0. The first-order chi connectivity index (χ1) is 9.56. The molecule has 4 aliphatic rings. The summed E-state index contributed by atoms with van der Waals surface area (Å²) in [5.41, 5.74) is 0.750. The number of hydrogen-bond donors (Lipinski definition) is 1. The van der Waals surface area contributed by atoms with Crippen LogP contribution in [0.4, 0.5) is 0 Å². The topological polar surface area (TPSA) is 20.2 Å². The average Bonchev–Trinajstić information content (AvgIpc) is 2.74. The second-order valence-corrected chi connectivity index (χ2v) is 8.68. The van der Waals surface area contributed by atoms with Gasteiger partial charge in [-0.1, -0.05) is 26.7 Å². The summed E-state index contributed by atoms with van der Waals surface area (Å²) >= 11 is 0. The molecule has 6 atom stereocenters. The van der Waals surface area contributed by atoms with E-state index in [-0.39, 0.29) is 5.41 Å². The number of allylic oxidation sites excluding steroid dienone is 2. The minimum Gasteiger partial charge on any atom is -0.512 e. The van der Waals surface area contributed by atoms with E-state index in [9.17, 15) is 5.11 Å². The Morgan fingerprint density at radius 2 is 1.85 bits per heavy atom. The van der Waals surface area contributed by atoms with Crippen LogP contribution in [0.2, 0.25) is 0 Å². The summed E-state index contributed by atoms with van der Waals surface area (Å²) in [6.45, 7) is 4.96. The molecule has 1 unspecified atom stereocenters. The lowest BCUT2D eigenvalue weighted by atomic mass is 9.45. The molecule has 1 nitrogen and oxygen atoms in total. The molecule has 1 heteroatoms. The van der Waals surface area contributed by atoms with Crippen molar-refractivity contribution >= 4 is 0 Å². The average molecular weight is 274 g/mol. The highest BCUT2D eigenvalue weighted by atomic mass is 16.3. The number of fused-ring (bicyclic) bond motifs is 5. The first kappa shape index (κ1) is 13.2. The molecule has 0 spiro atoms. The normalized spacial score (nSPS) is 54.6. The van der Waals surface area contributed by atoms with Crippen molar-refractivity contribution in [3.8, 4) is 0 Å². The Bertz CT molecular complexity index is 439. The zero-order chi connectivity index (χ0) is 14.0. The Hall–Kier alpha value is -0.460. The first-order valence-corrected chi connectivity index (χ1v) is 8.95. The van der Waals surface area contributed by atoms with Gasteiger partial charge in [-0.25, -0.2) is 0 Å². The molecule has 0 bridgehead atoms. The summed E-state index contributed by atoms with van der Waals surface area (Å²) in [4.78, 5) is 0. The first-order valence-electron chi connectivity index (χ1n) is 8.95. The largest absolute Gasteiger partial charge is 0.512 e. The van der Waals surface area contributed by atoms with Crippen LogP contribution >= 0.6 is 0 Å². The predicted octanol–water partition coefficient (Wildman–Crippen LogP) is 5.47. The Kier molecular flexibility index (Phi) is 2.82. The number of aliphatic hydroxyl groups is 1. The van der Waals surface area contributed by atoms with Crippen LogP contribution in [0.3, 0.4) is 0 Å². The van der Waals surface area contributed by atoms with Crippen LogP contribution in [0.15, 0.2) is 11.8 Å². The van der Waals surface area contributed by atoms with Crippen molar-refractivity contribution in [1.29, 1.82) is 0 Å². The van der Waals surface area contributed by atoms with Crippen LogP contribution < -0.4 is 0 Å². The fourth-order valence-corrected chi connectivity index (χ4v) is 6.84. The van der Waals surface area contributed by atoms with Gasteiger partial charge in [0.2, 0.25) is 0 Å².